The van der Waals surface area contributed by atoms with E-state index in [2.05, 4.69) is 6.92 Å². The van der Waals surface area contributed by atoms with Gasteiger partial charge in [-0.25, -0.2) is 0 Å². The topological polar surface area (TPSA) is 69.9 Å². The molecule has 3 N–H and O–H groups in total. The molecule has 0 aromatic rings. The highest BCUT2D eigenvalue weighted by molar-refractivity contribution is 4.64. The van der Waals surface area contributed by atoms with Crippen LogP contribution in [0.4, 0.5) is 0 Å². The maximum atomic E-state index is 9.42. The van der Waals surface area contributed by atoms with E-state index in [0.717, 1.165) is 12.8 Å². The van der Waals surface area contributed by atoms with Gasteiger partial charge in [-0.2, -0.15) is 0 Å². The van der Waals surface area contributed by atoms with E-state index in [-0.39, 0.29) is 6.61 Å². The Bertz CT molecular complexity index is 261. The van der Waals surface area contributed by atoms with Gasteiger partial charge in [-0.1, -0.05) is 103 Å². The second-order valence-electron chi connectivity index (χ2n) is 7.70. The monoisotopic (exact) mass is 374 g/mol. The van der Waals surface area contributed by atoms with E-state index in [1.54, 1.807) is 0 Å². The Morgan fingerprint density at radius 3 is 1.35 bits per heavy atom. The smallest absolute Gasteiger partial charge is 0.105 e. The third kappa shape index (κ3) is 18.6. The van der Waals surface area contributed by atoms with Crippen molar-refractivity contribution in [1.29, 1.82) is 0 Å². The summed E-state index contributed by atoms with van der Waals surface area (Å²) in [5.41, 5.74) is 0. The van der Waals surface area contributed by atoms with E-state index in [9.17, 15) is 10.2 Å². The first-order chi connectivity index (χ1) is 12.7. The quantitative estimate of drug-likeness (QED) is 0.248. The van der Waals surface area contributed by atoms with Crippen LogP contribution in [-0.4, -0.2) is 47.3 Å². The predicted octanol–water partition coefficient (Wildman–Crippen LogP) is 4.98. The Labute approximate surface area is 162 Å². The summed E-state index contributed by atoms with van der Waals surface area (Å²) in [5.74, 6) is 0. The minimum absolute atomic E-state index is 0.0977. The maximum absolute atomic E-state index is 9.42. The highest BCUT2D eigenvalue weighted by Crippen LogP contribution is 2.13. The Kier molecular flexibility index (Phi) is 21.0. The molecular formula is C22H46O4. The number of hydrogen-bond acceptors (Lipinski definition) is 4. The lowest BCUT2D eigenvalue weighted by Gasteiger charge is -2.15. The average Bonchev–Trinajstić information content (AvgIpc) is 2.66. The number of aliphatic hydroxyl groups is 3. The highest BCUT2D eigenvalue weighted by Gasteiger charge is 2.14. The van der Waals surface area contributed by atoms with E-state index in [1.807, 2.05) is 0 Å². The summed E-state index contributed by atoms with van der Waals surface area (Å²) in [7, 11) is 0. The zero-order valence-electron chi connectivity index (χ0n) is 17.3. The molecule has 2 atom stereocenters. The van der Waals surface area contributed by atoms with Gasteiger partial charge in [-0.05, 0) is 6.42 Å². The molecule has 158 valence electrons. The molecule has 0 rings (SSSR count). The van der Waals surface area contributed by atoms with E-state index in [1.165, 1.54) is 89.9 Å². The first-order valence-corrected chi connectivity index (χ1v) is 11.3. The van der Waals surface area contributed by atoms with Gasteiger partial charge in [0.15, 0.2) is 0 Å². The van der Waals surface area contributed by atoms with Gasteiger partial charge in [0.25, 0.3) is 0 Å². The number of ether oxygens (including phenoxy) is 1. The van der Waals surface area contributed by atoms with Crippen molar-refractivity contribution in [3.05, 3.63) is 0 Å². The van der Waals surface area contributed by atoms with Crippen molar-refractivity contribution in [3.63, 3.8) is 0 Å². The molecule has 0 aliphatic heterocycles. The fraction of sp³-hybridized carbons (Fsp3) is 1.00. The van der Waals surface area contributed by atoms with Gasteiger partial charge >= 0.3 is 0 Å². The molecule has 0 unspecified atom stereocenters. The first-order valence-electron chi connectivity index (χ1n) is 11.3. The summed E-state index contributed by atoms with van der Waals surface area (Å²) in [4.78, 5) is 0. The normalized spacial score (nSPS) is 13.8. The second kappa shape index (κ2) is 21.1. The van der Waals surface area contributed by atoms with Crippen molar-refractivity contribution < 1.29 is 20.1 Å². The van der Waals surface area contributed by atoms with Crippen molar-refractivity contribution in [2.24, 2.45) is 0 Å². The Morgan fingerprint density at radius 2 is 0.962 bits per heavy atom. The summed E-state index contributed by atoms with van der Waals surface area (Å²) in [6.45, 7) is 2.56. The van der Waals surface area contributed by atoms with Crippen LogP contribution in [0.1, 0.15) is 110 Å². The molecule has 0 heterocycles. The van der Waals surface area contributed by atoms with Crippen LogP contribution in [0.25, 0.3) is 0 Å². The summed E-state index contributed by atoms with van der Waals surface area (Å²) < 4.78 is 5.32. The van der Waals surface area contributed by atoms with E-state index >= 15 is 0 Å². The lowest BCUT2D eigenvalue weighted by Crippen LogP contribution is -2.33. The standard InChI is InChI=1S/C22H46O4/c1-2-3-4-5-6-7-8-9-10-11-12-13-14-15-16-17-18-26-20-22(25)21(24)19-23/h21-25H,2-20H2,1H3/t21-,22+/m1/s1. The molecule has 0 aromatic carbocycles. The number of hydrogen-bond donors (Lipinski definition) is 3. The van der Waals surface area contributed by atoms with Crippen LogP contribution in [0.3, 0.4) is 0 Å². The molecule has 0 bridgehead atoms. The minimum atomic E-state index is -1.10. The second-order valence-corrected chi connectivity index (χ2v) is 7.70. The summed E-state index contributed by atoms with van der Waals surface area (Å²) in [6, 6.07) is 0. The minimum Gasteiger partial charge on any atom is -0.394 e. The Hall–Kier alpha value is -0.160. The van der Waals surface area contributed by atoms with Crippen molar-refractivity contribution in [2.75, 3.05) is 19.8 Å². The average molecular weight is 375 g/mol. The van der Waals surface area contributed by atoms with Crippen LogP contribution in [0.5, 0.6) is 0 Å². The summed E-state index contributed by atoms with van der Waals surface area (Å²) >= 11 is 0. The van der Waals surface area contributed by atoms with Crippen LogP contribution >= 0.6 is 0 Å². The lowest BCUT2D eigenvalue weighted by atomic mass is 10.0. The third-order valence-corrected chi connectivity index (χ3v) is 5.06. The van der Waals surface area contributed by atoms with Gasteiger partial charge in [-0.15, -0.1) is 0 Å². The van der Waals surface area contributed by atoms with Crippen LogP contribution in [0.2, 0.25) is 0 Å². The fourth-order valence-electron chi connectivity index (χ4n) is 3.19. The molecule has 4 heteroatoms. The highest BCUT2D eigenvalue weighted by atomic mass is 16.5. The van der Waals surface area contributed by atoms with Gasteiger partial charge in [0.05, 0.1) is 13.2 Å². The molecule has 0 amide bonds. The molecular weight excluding hydrogens is 328 g/mol. The van der Waals surface area contributed by atoms with Gasteiger partial charge in [0.1, 0.15) is 12.2 Å². The van der Waals surface area contributed by atoms with Gasteiger partial charge < -0.3 is 20.1 Å². The molecule has 0 aliphatic carbocycles. The number of rotatable bonds is 21. The summed E-state index contributed by atoms with van der Waals surface area (Å²) in [5, 5.41) is 27.3. The molecule has 0 saturated heterocycles. The van der Waals surface area contributed by atoms with Crippen molar-refractivity contribution in [2.45, 2.75) is 122 Å². The van der Waals surface area contributed by atoms with Crippen LogP contribution < -0.4 is 0 Å². The van der Waals surface area contributed by atoms with Crippen LogP contribution in [0.15, 0.2) is 0 Å². The van der Waals surface area contributed by atoms with Crippen LogP contribution in [-0.2, 0) is 4.74 Å². The van der Waals surface area contributed by atoms with Gasteiger partial charge in [0.2, 0.25) is 0 Å². The molecule has 26 heavy (non-hydrogen) atoms. The number of aliphatic hydroxyl groups excluding tert-OH is 3. The fourth-order valence-corrected chi connectivity index (χ4v) is 3.19. The van der Waals surface area contributed by atoms with E-state index in [0.29, 0.717) is 6.61 Å². The maximum Gasteiger partial charge on any atom is 0.105 e. The van der Waals surface area contributed by atoms with Gasteiger partial charge in [0, 0.05) is 6.61 Å². The molecule has 0 aliphatic rings. The Morgan fingerprint density at radius 1 is 0.577 bits per heavy atom. The van der Waals surface area contributed by atoms with Crippen molar-refractivity contribution in [1.82, 2.24) is 0 Å². The van der Waals surface area contributed by atoms with Crippen LogP contribution in [0, 0.1) is 0 Å². The van der Waals surface area contributed by atoms with Gasteiger partial charge in [-0.3, -0.25) is 0 Å². The lowest BCUT2D eigenvalue weighted by molar-refractivity contribution is -0.0571. The summed E-state index contributed by atoms with van der Waals surface area (Å²) in [6.07, 6.45) is 19.5. The molecule has 0 spiro atoms. The third-order valence-electron chi connectivity index (χ3n) is 5.06. The van der Waals surface area contributed by atoms with Crippen molar-refractivity contribution >= 4 is 0 Å². The molecule has 4 nitrogen and oxygen atoms in total. The van der Waals surface area contributed by atoms with E-state index in [4.69, 9.17) is 9.84 Å². The zero-order valence-corrected chi connectivity index (χ0v) is 17.3. The molecule has 0 fully saturated rings. The molecule has 0 aromatic heterocycles. The largest absolute Gasteiger partial charge is 0.394 e. The zero-order chi connectivity index (χ0) is 19.3. The molecule has 0 radical (unpaired) electrons. The molecule has 0 saturated carbocycles. The Balaban J connectivity index is 3.07. The predicted molar refractivity (Wildman–Crippen MR) is 109 cm³/mol. The van der Waals surface area contributed by atoms with Crippen molar-refractivity contribution in [3.8, 4) is 0 Å². The van der Waals surface area contributed by atoms with E-state index < -0.39 is 18.8 Å². The SMILES string of the molecule is CCCCCCCCCCCCCCCCCCOC[C@H](O)[C@H](O)CO. The number of unbranched alkanes of at least 4 members (excludes halogenated alkanes) is 15. The first kappa shape index (κ1) is 25.8.